The van der Waals surface area contributed by atoms with Crippen LogP contribution in [-0.4, -0.2) is 62.4 Å². The number of hydrogen-bond acceptors (Lipinski definition) is 12. The molecular weight excluding hydrogens is 649 g/mol. The Kier molecular flexibility index (Phi) is 11.4. The highest BCUT2D eigenvalue weighted by molar-refractivity contribution is 7.99. The number of amides is 2. The van der Waals surface area contributed by atoms with Crippen LogP contribution >= 0.6 is 23.1 Å². The molecule has 0 spiro atoms. The average Bonchev–Trinajstić information content (AvgIpc) is 3.60. The Labute approximate surface area is 278 Å². The Bertz CT molecular complexity index is 1830. The topological polar surface area (TPSA) is 185 Å². The molecule has 2 aromatic heterocycles. The summed E-state index contributed by atoms with van der Waals surface area (Å²) < 4.78 is 12.0. The molecule has 0 aliphatic carbocycles. The van der Waals surface area contributed by atoms with Crippen LogP contribution in [0.1, 0.15) is 66.7 Å². The van der Waals surface area contributed by atoms with Gasteiger partial charge in [-0.2, -0.15) is 0 Å². The highest BCUT2D eigenvalue weighted by Gasteiger charge is 2.28. The minimum absolute atomic E-state index is 0.0308. The van der Waals surface area contributed by atoms with Crippen LogP contribution in [0.3, 0.4) is 0 Å². The van der Waals surface area contributed by atoms with E-state index in [9.17, 15) is 29.3 Å². The number of nitrogens with one attached hydrogen (secondary N) is 2. The number of non-ortho nitro benzene ring substituents is 1. The monoisotopic (exact) mass is 680 g/mol. The molecule has 2 heterocycles. The number of hydrogen-bond donors (Lipinski definition) is 2. The van der Waals surface area contributed by atoms with Gasteiger partial charge in [-0.3, -0.25) is 24.3 Å². The van der Waals surface area contributed by atoms with Crippen LogP contribution in [0, 0.1) is 30.9 Å². The molecule has 14 nitrogen and oxygen atoms in total. The van der Waals surface area contributed by atoms with Gasteiger partial charge in [0, 0.05) is 17.7 Å². The number of anilines is 1. The number of esters is 2. The van der Waals surface area contributed by atoms with E-state index < -0.39 is 28.7 Å². The van der Waals surface area contributed by atoms with Crippen molar-refractivity contribution in [3.8, 4) is 5.69 Å². The van der Waals surface area contributed by atoms with E-state index in [4.69, 9.17) is 9.47 Å². The van der Waals surface area contributed by atoms with Crippen molar-refractivity contribution in [1.82, 2.24) is 20.1 Å². The fourth-order valence-corrected chi connectivity index (χ4v) is 6.33. The quantitative estimate of drug-likeness (QED) is 0.0821. The van der Waals surface area contributed by atoms with Crippen molar-refractivity contribution in [2.45, 2.75) is 46.3 Å². The van der Waals surface area contributed by atoms with Crippen molar-refractivity contribution in [3.05, 3.63) is 91.1 Å². The first kappa shape index (κ1) is 34.8. The molecule has 0 atom stereocenters. The lowest BCUT2D eigenvalue weighted by Gasteiger charge is -2.15. The van der Waals surface area contributed by atoms with Crippen molar-refractivity contribution in [3.63, 3.8) is 0 Å². The summed E-state index contributed by atoms with van der Waals surface area (Å²) in [6, 6.07) is 10.9. The lowest BCUT2D eigenvalue weighted by Crippen LogP contribution is -2.24. The van der Waals surface area contributed by atoms with E-state index in [1.54, 1.807) is 25.3 Å². The number of ether oxygens (including phenoxy) is 2. The molecule has 0 unspecified atom stereocenters. The number of thioether (sulfide) groups is 1. The van der Waals surface area contributed by atoms with Crippen LogP contribution in [0.4, 0.5) is 10.7 Å². The summed E-state index contributed by atoms with van der Waals surface area (Å²) in [4.78, 5) is 61.9. The summed E-state index contributed by atoms with van der Waals surface area (Å²) >= 11 is 2.02. The standard InChI is InChI=1S/C31H32N6O8S2/c1-6-44-29(40)25-19(5)26(30(41)45-7-2)47-28(25)33-24(38)16-46-31-35-34-23(36(31)22-10-8-9-17(3)18(22)4)15-32-27(39)20-11-13-21(14-12-20)37(42)43/h8-14H,6-7,15-16H2,1-5H3,(H,32,39)(H,33,38). The minimum atomic E-state index is -0.671. The molecule has 246 valence electrons. The smallest absolute Gasteiger partial charge is 0.348 e. The van der Waals surface area contributed by atoms with Crippen LogP contribution in [0.15, 0.2) is 47.6 Å². The van der Waals surface area contributed by atoms with Gasteiger partial charge in [0.1, 0.15) is 9.88 Å². The van der Waals surface area contributed by atoms with E-state index in [-0.39, 0.29) is 52.2 Å². The van der Waals surface area contributed by atoms with Crippen molar-refractivity contribution in [2.75, 3.05) is 24.3 Å². The maximum atomic E-state index is 13.2. The van der Waals surface area contributed by atoms with Gasteiger partial charge in [0.25, 0.3) is 11.6 Å². The summed E-state index contributed by atoms with van der Waals surface area (Å²) in [5.41, 5.74) is 3.22. The van der Waals surface area contributed by atoms with Gasteiger partial charge in [-0.25, -0.2) is 9.59 Å². The van der Waals surface area contributed by atoms with Crippen molar-refractivity contribution in [1.29, 1.82) is 0 Å². The zero-order valence-corrected chi connectivity index (χ0v) is 27.9. The molecule has 4 rings (SSSR count). The number of nitro groups is 1. The van der Waals surface area contributed by atoms with Gasteiger partial charge in [0.05, 0.1) is 41.7 Å². The number of rotatable bonds is 13. The molecule has 0 aliphatic heterocycles. The van der Waals surface area contributed by atoms with Gasteiger partial charge in [0.15, 0.2) is 11.0 Å². The zero-order valence-electron chi connectivity index (χ0n) is 26.2. The fourth-order valence-electron chi connectivity index (χ4n) is 4.46. The van der Waals surface area contributed by atoms with Crippen LogP contribution in [0.5, 0.6) is 0 Å². The Hall–Kier alpha value is -5.09. The number of benzene rings is 2. The first-order valence-corrected chi connectivity index (χ1v) is 16.2. The molecule has 0 saturated carbocycles. The molecule has 0 bridgehead atoms. The largest absolute Gasteiger partial charge is 0.462 e. The molecule has 0 aliphatic rings. The van der Waals surface area contributed by atoms with Gasteiger partial charge in [-0.05, 0) is 69.5 Å². The van der Waals surface area contributed by atoms with Gasteiger partial charge in [-0.1, -0.05) is 23.9 Å². The molecule has 2 amide bonds. The van der Waals surface area contributed by atoms with Gasteiger partial charge in [-0.15, -0.1) is 21.5 Å². The van der Waals surface area contributed by atoms with E-state index in [0.717, 1.165) is 39.9 Å². The maximum Gasteiger partial charge on any atom is 0.348 e. The van der Waals surface area contributed by atoms with E-state index in [1.807, 2.05) is 32.0 Å². The lowest BCUT2D eigenvalue weighted by molar-refractivity contribution is -0.384. The molecule has 0 saturated heterocycles. The zero-order chi connectivity index (χ0) is 34.2. The molecule has 2 N–H and O–H groups in total. The third-order valence-electron chi connectivity index (χ3n) is 6.94. The molecule has 16 heteroatoms. The number of aryl methyl sites for hydroxylation is 1. The third kappa shape index (κ3) is 8.01. The molecule has 0 radical (unpaired) electrons. The molecule has 47 heavy (non-hydrogen) atoms. The van der Waals surface area contributed by atoms with E-state index in [2.05, 4.69) is 20.8 Å². The second-order valence-corrected chi connectivity index (χ2v) is 11.9. The van der Waals surface area contributed by atoms with Gasteiger partial charge >= 0.3 is 11.9 Å². The van der Waals surface area contributed by atoms with Gasteiger partial charge < -0.3 is 20.1 Å². The molecular formula is C31H32N6O8S2. The summed E-state index contributed by atoms with van der Waals surface area (Å²) in [6.45, 7) is 9.02. The predicted octanol–water partition coefficient (Wildman–Crippen LogP) is 5.18. The number of nitrogens with zero attached hydrogens (tertiary/aromatic N) is 4. The molecule has 2 aromatic carbocycles. The third-order valence-corrected chi connectivity index (χ3v) is 9.05. The summed E-state index contributed by atoms with van der Waals surface area (Å²) in [5, 5.41) is 25.6. The Balaban J connectivity index is 1.56. The average molecular weight is 681 g/mol. The highest BCUT2D eigenvalue weighted by Crippen LogP contribution is 2.35. The van der Waals surface area contributed by atoms with Crippen LogP contribution < -0.4 is 10.6 Å². The number of thiophene rings is 1. The fraction of sp³-hybridized carbons (Fsp3) is 0.290. The number of carbonyl (C=O) groups is 4. The normalized spacial score (nSPS) is 10.7. The van der Waals surface area contributed by atoms with Crippen molar-refractivity contribution >= 4 is 57.5 Å². The predicted molar refractivity (Wildman–Crippen MR) is 175 cm³/mol. The van der Waals surface area contributed by atoms with Crippen LogP contribution in [-0.2, 0) is 20.8 Å². The van der Waals surface area contributed by atoms with E-state index in [1.165, 1.54) is 24.3 Å². The summed E-state index contributed by atoms with van der Waals surface area (Å²) in [7, 11) is 0. The summed E-state index contributed by atoms with van der Waals surface area (Å²) in [6.07, 6.45) is 0. The summed E-state index contributed by atoms with van der Waals surface area (Å²) in [5.74, 6) is -1.96. The van der Waals surface area contributed by atoms with Gasteiger partial charge in [0.2, 0.25) is 5.91 Å². The second kappa shape index (κ2) is 15.5. The minimum Gasteiger partial charge on any atom is -0.462 e. The maximum absolute atomic E-state index is 13.2. The first-order chi connectivity index (χ1) is 22.5. The van der Waals surface area contributed by atoms with Crippen molar-refractivity contribution < 1.29 is 33.6 Å². The Morgan fingerprint density at radius 3 is 2.30 bits per heavy atom. The molecule has 4 aromatic rings. The van der Waals surface area contributed by atoms with E-state index in [0.29, 0.717) is 16.5 Å². The number of nitro benzene ring substituents is 1. The highest BCUT2D eigenvalue weighted by atomic mass is 32.2. The van der Waals surface area contributed by atoms with Crippen LogP contribution in [0.2, 0.25) is 0 Å². The Morgan fingerprint density at radius 2 is 1.64 bits per heavy atom. The lowest BCUT2D eigenvalue weighted by atomic mass is 10.1. The van der Waals surface area contributed by atoms with E-state index >= 15 is 0 Å². The SMILES string of the molecule is CCOC(=O)c1sc(NC(=O)CSc2nnc(CNC(=O)c3ccc([N+](=O)[O-])cc3)n2-c2cccc(C)c2C)c(C(=O)OCC)c1C. The second-order valence-electron chi connectivity index (χ2n) is 9.98. The molecule has 0 fully saturated rings. The Morgan fingerprint density at radius 1 is 0.957 bits per heavy atom. The number of aromatic nitrogens is 3. The van der Waals surface area contributed by atoms with Crippen LogP contribution in [0.25, 0.3) is 5.69 Å². The number of carbonyl (C=O) groups excluding carboxylic acids is 4. The first-order valence-electron chi connectivity index (χ1n) is 14.4. The van der Waals surface area contributed by atoms with Crippen molar-refractivity contribution in [2.24, 2.45) is 0 Å².